The maximum atomic E-state index is 12.3. The third-order valence-corrected chi connectivity index (χ3v) is 3.10. The van der Waals surface area contributed by atoms with E-state index in [1.807, 2.05) is 30.3 Å². The minimum atomic E-state index is -0.251. The van der Waals surface area contributed by atoms with Gasteiger partial charge in [0, 0.05) is 17.3 Å². The number of carbonyl (C=O) groups is 1. The number of anilines is 1. The van der Waals surface area contributed by atoms with Crippen LogP contribution in [0.15, 0.2) is 54.6 Å². The molecule has 21 heavy (non-hydrogen) atoms. The predicted molar refractivity (Wildman–Crippen MR) is 86.2 cm³/mol. The molecule has 1 N–H and O–H groups in total. The maximum absolute atomic E-state index is 12.3. The Labute approximate surface area is 129 Å². The molecule has 4 heteroatoms. The fourth-order valence-electron chi connectivity index (χ4n) is 1.88. The van der Waals surface area contributed by atoms with E-state index in [0.29, 0.717) is 17.3 Å². The molecule has 2 aromatic carbocycles. The lowest BCUT2D eigenvalue weighted by Crippen LogP contribution is -2.34. The van der Waals surface area contributed by atoms with E-state index in [9.17, 15) is 4.79 Å². The quantitative estimate of drug-likeness (QED) is 0.850. The first-order valence-corrected chi connectivity index (χ1v) is 6.85. The molecule has 0 saturated heterocycles. The van der Waals surface area contributed by atoms with Crippen LogP contribution in [0.2, 0.25) is 5.02 Å². The monoisotopic (exact) mass is 298 g/mol. The lowest BCUT2D eigenvalue weighted by atomic mass is 10.2. The first-order chi connectivity index (χ1) is 10.2. The second-order valence-electron chi connectivity index (χ2n) is 4.49. The van der Waals surface area contributed by atoms with Gasteiger partial charge >= 0.3 is 6.03 Å². The van der Waals surface area contributed by atoms with Crippen LogP contribution >= 0.6 is 11.6 Å². The van der Waals surface area contributed by atoms with Crippen LogP contribution in [0.25, 0.3) is 0 Å². The normalized spacial score (nSPS) is 9.71. The van der Waals surface area contributed by atoms with Crippen molar-refractivity contribution in [1.29, 1.82) is 0 Å². The minimum absolute atomic E-state index is 0.237. The molecule has 0 aliphatic carbocycles. The van der Waals surface area contributed by atoms with E-state index >= 15 is 0 Å². The van der Waals surface area contributed by atoms with Crippen LogP contribution in [-0.2, 0) is 6.54 Å². The second kappa shape index (κ2) is 7.37. The van der Waals surface area contributed by atoms with Gasteiger partial charge < -0.3 is 10.2 Å². The summed E-state index contributed by atoms with van der Waals surface area (Å²) in [6.45, 7) is 0.693. The number of hydrogen-bond acceptors (Lipinski definition) is 1. The molecule has 3 nitrogen and oxygen atoms in total. The van der Waals surface area contributed by atoms with Crippen LogP contribution in [0.3, 0.4) is 0 Å². The summed E-state index contributed by atoms with van der Waals surface area (Å²) in [5, 5.41) is 3.36. The Hall–Kier alpha value is -2.44. The largest absolute Gasteiger partial charge is 0.322 e. The highest BCUT2D eigenvalue weighted by Crippen LogP contribution is 2.16. The number of rotatable bonds is 4. The van der Waals surface area contributed by atoms with E-state index in [1.54, 1.807) is 29.2 Å². The van der Waals surface area contributed by atoms with Gasteiger partial charge in [-0.1, -0.05) is 53.9 Å². The zero-order chi connectivity index (χ0) is 15.1. The van der Waals surface area contributed by atoms with Gasteiger partial charge in [-0.25, -0.2) is 4.79 Å². The smallest absolute Gasteiger partial charge is 0.309 e. The van der Waals surface area contributed by atoms with Gasteiger partial charge in [-0.15, -0.1) is 6.42 Å². The second-order valence-corrected chi connectivity index (χ2v) is 4.92. The summed E-state index contributed by atoms with van der Waals surface area (Å²) in [7, 11) is 0. The molecule has 2 amide bonds. The molecule has 0 unspecified atom stereocenters. The fourth-order valence-corrected chi connectivity index (χ4v) is 2.07. The van der Waals surface area contributed by atoms with E-state index in [2.05, 4.69) is 11.2 Å². The molecule has 0 atom stereocenters. The van der Waals surface area contributed by atoms with Crippen LogP contribution < -0.4 is 5.32 Å². The Morgan fingerprint density at radius 3 is 2.62 bits per heavy atom. The minimum Gasteiger partial charge on any atom is -0.309 e. The molecule has 0 aliphatic heterocycles. The van der Waals surface area contributed by atoms with Crippen molar-refractivity contribution in [1.82, 2.24) is 4.90 Å². The lowest BCUT2D eigenvalue weighted by molar-refractivity contribution is 0.216. The molecule has 0 heterocycles. The van der Waals surface area contributed by atoms with Gasteiger partial charge in [-0.3, -0.25) is 0 Å². The van der Waals surface area contributed by atoms with Gasteiger partial charge in [0.15, 0.2) is 0 Å². The highest BCUT2D eigenvalue weighted by atomic mass is 35.5. The molecule has 0 radical (unpaired) electrons. The van der Waals surface area contributed by atoms with Gasteiger partial charge in [0.2, 0.25) is 0 Å². The number of nitrogens with zero attached hydrogens (tertiary/aromatic N) is 1. The molecule has 0 aliphatic rings. The topological polar surface area (TPSA) is 32.3 Å². The van der Waals surface area contributed by atoms with E-state index < -0.39 is 0 Å². The van der Waals surface area contributed by atoms with Crippen LogP contribution in [0, 0.1) is 12.3 Å². The summed E-state index contributed by atoms with van der Waals surface area (Å²) in [6, 6.07) is 16.4. The van der Waals surface area contributed by atoms with Gasteiger partial charge in [0.1, 0.15) is 0 Å². The number of terminal acetylenes is 1. The van der Waals surface area contributed by atoms with Crippen LogP contribution in [0.4, 0.5) is 10.5 Å². The van der Waals surface area contributed by atoms with Gasteiger partial charge in [0.25, 0.3) is 0 Å². The van der Waals surface area contributed by atoms with Crippen molar-refractivity contribution < 1.29 is 4.79 Å². The van der Waals surface area contributed by atoms with Gasteiger partial charge in [0.05, 0.1) is 6.54 Å². The zero-order valence-electron chi connectivity index (χ0n) is 11.4. The average Bonchev–Trinajstić information content (AvgIpc) is 2.48. The summed E-state index contributed by atoms with van der Waals surface area (Å²) in [5.41, 5.74) is 1.66. The van der Waals surface area contributed by atoms with Crippen molar-refractivity contribution in [3.8, 4) is 12.3 Å². The SMILES string of the molecule is C#CCN(Cc1ccccc1)C(=O)Nc1cccc(Cl)c1. The van der Waals surface area contributed by atoms with Gasteiger partial charge in [-0.05, 0) is 23.8 Å². The van der Waals surface area contributed by atoms with E-state index in [-0.39, 0.29) is 12.6 Å². The van der Waals surface area contributed by atoms with Crippen LogP contribution in [0.5, 0.6) is 0 Å². The highest BCUT2D eigenvalue weighted by molar-refractivity contribution is 6.30. The Bertz CT molecular complexity index is 649. The summed E-state index contributed by atoms with van der Waals surface area (Å²) in [6.07, 6.45) is 5.35. The van der Waals surface area contributed by atoms with Crippen molar-refractivity contribution in [2.75, 3.05) is 11.9 Å². The number of carbonyl (C=O) groups excluding carboxylic acids is 1. The Kier molecular flexibility index (Phi) is 5.25. The van der Waals surface area contributed by atoms with E-state index in [1.165, 1.54) is 0 Å². The Morgan fingerprint density at radius 2 is 1.95 bits per heavy atom. The molecule has 0 saturated carbocycles. The van der Waals surface area contributed by atoms with Crippen molar-refractivity contribution in [3.05, 3.63) is 65.2 Å². The first-order valence-electron chi connectivity index (χ1n) is 6.48. The lowest BCUT2D eigenvalue weighted by Gasteiger charge is -2.21. The Balaban J connectivity index is 2.07. The van der Waals surface area contributed by atoms with Crippen molar-refractivity contribution in [2.24, 2.45) is 0 Å². The summed E-state index contributed by atoms with van der Waals surface area (Å²) >= 11 is 5.90. The van der Waals surface area contributed by atoms with E-state index in [4.69, 9.17) is 18.0 Å². The highest BCUT2D eigenvalue weighted by Gasteiger charge is 2.13. The first kappa shape index (κ1) is 15.0. The number of nitrogens with one attached hydrogen (secondary N) is 1. The molecule has 0 bridgehead atoms. The molecule has 106 valence electrons. The third kappa shape index (κ3) is 4.55. The number of amides is 2. The standard InChI is InChI=1S/C17H15ClN2O/c1-2-11-20(13-14-7-4-3-5-8-14)17(21)19-16-10-6-9-15(18)12-16/h1,3-10,12H,11,13H2,(H,19,21). The summed E-state index contributed by atoms with van der Waals surface area (Å²) in [4.78, 5) is 13.9. The van der Waals surface area contributed by atoms with Crippen molar-refractivity contribution >= 4 is 23.3 Å². The number of urea groups is 1. The van der Waals surface area contributed by atoms with Crippen molar-refractivity contribution in [2.45, 2.75) is 6.54 Å². The molecular weight excluding hydrogens is 284 g/mol. The fraction of sp³-hybridized carbons (Fsp3) is 0.118. The van der Waals surface area contributed by atoms with Gasteiger partial charge in [-0.2, -0.15) is 0 Å². The maximum Gasteiger partial charge on any atom is 0.322 e. The average molecular weight is 299 g/mol. The molecule has 0 fully saturated rings. The number of benzene rings is 2. The van der Waals surface area contributed by atoms with Crippen LogP contribution in [-0.4, -0.2) is 17.5 Å². The molecule has 0 spiro atoms. The molecule has 2 aromatic rings. The molecular formula is C17H15ClN2O. The van der Waals surface area contributed by atoms with E-state index in [0.717, 1.165) is 5.56 Å². The molecule has 0 aromatic heterocycles. The number of halogens is 1. The van der Waals surface area contributed by atoms with Crippen molar-refractivity contribution in [3.63, 3.8) is 0 Å². The third-order valence-electron chi connectivity index (χ3n) is 2.86. The molecule has 2 rings (SSSR count). The number of hydrogen-bond donors (Lipinski definition) is 1. The summed E-state index contributed by atoms with van der Waals surface area (Å²) < 4.78 is 0. The Morgan fingerprint density at radius 1 is 1.19 bits per heavy atom. The zero-order valence-corrected chi connectivity index (χ0v) is 12.2. The predicted octanol–water partition coefficient (Wildman–Crippen LogP) is 4.01. The van der Waals surface area contributed by atoms with Crippen LogP contribution in [0.1, 0.15) is 5.56 Å². The summed E-state index contributed by atoms with van der Waals surface area (Å²) in [5.74, 6) is 2.51.